The van der Waals surface area contributed by atoms with Crippen molar-refractivity contribution in [3.63, 3.8) is 0 Å². The number of esters is 1. The summed E-state index contributed by atoms with van der Waals surface area (Å²) in [6, 6.07) is 13.4. The Hall–Kier alpha value is -2.49. The van der Waals surface area contributed by atoms with E-state index in [2.05, 4.69) is 0 Å². The molecule has 0 radical (unpaired) electrons. The second-order valence-corrected chi connectivity index (χ2v) is 3.69. The SMILES string of the molecule is COc1ccc(OC(=O)c2ccc(N)cc2)cc1. The molecule has 0 saturated carbocycles. The van der Waals surface area contributed by atoms with Gasteiger partial charge in [0.2, 0.25) is 0 Å². The third-order valence-electron chi connectivity index (χ3n) is 2.42. The molecule has 0 fully saturated rings. The van der Waals surface area contributed by atoms with Gasteiger partial charge in [-0.25, -0.2) is 4.79 Å². The number of carbonyl (C=O) groups is 1. The Kier molecular flexibility index (Phi) is 3.48. The zero-order valence-electron chi connectivity index (χ0n) is 9.92. The van der Waals surface area contributed by atoms with Crippen LogP contribution >= 0.6 is 0 Å². The molecule has 92 valence electrons. The van der Waals surface area contributed by atoms with Crippen LogP contribution in [0.5, 0.6) is 11.5 Å². The van der Waals surface area contributed by atoms with Crippen molar-refractivity contribution in [2.24, 2.45) is 0 Å². The van der Waals surface area contributed by atoms with Crippen molar-refractivity contribution < 1.29 is 14.3 Å². The molecule has 0 bridgehead atoms. The molecule has 18 heavy (non-hydrogen) atoms. The minimum atomic E-state index is -0.417. The van der Waals surface area contributed by atoms with Crippen molar-refractivity contribution in [2.75, 3.05) is 12.8 Å². The summed E-state index contributed by atoms with van der Waals surface area (Å²) in [5, 5.41) is 0. The van der Waals surface area contributed by atoms with Gasteiger partial charge in [-0.1, -0.05) is 0 Å². The minimum Gasteiger partial charge on any atom is -0.497 e. The molecule has 0 aliphatic heterocycles. The highest BCUT2D eigenvalue weighted by Gasteiger charge is 2.08. The summed E-state index contributed by atoms with van der Waals surface area (Å²) in [4.78, 5) is 11.8. The minimum absolute atomic E-state index is 0.417. The van der Waals surface area contributed by atoms with E-state index in [1.165, 1.54) is 0 Å². The van der Waals surface area contributed by atoms with Gasteiger partial charge in [0.05, 0.1) is 12.7 Å². The van der Waals surface area contributed by atoms with E-state index < -0.39 is 5.97 Å². The molecule has 0 unspecified atom stereocenters. The monoisotopic (exact) mass is 243 g/mol. The second-order valence-electron chi connectivity index (χ2n) is 3.69. The number of benzene rings is 2. The van der Waals surface area contributed by atoms with E-state index in [4.69, 9.17) is 15.2 Å². The van der Waals surface area contributed by atoms with E-state index in [1.54, 1.807) is 55.6 Å². The van der Waals surface area contributed by atoms with Crippen LogP contribution < -0.4 is 15.2 Å². The van der Waals surface area contributed by atoms with E-state index >= 15 is 0 Å². The molecule has 0 aliphatic rings. The topological polar surface area (TPSA) is 61.5 Å². The van der Waals surface area contributed by atoms with Gasteiger partial charge in [0.15, 0.2) is 0 Å². The van der Waals surface area contributed by atoms with E-state index in [9.17, 15) is 4.79 Å². The molecule has 2 aromatic rings. The first kappa shape index (κ1) is 12.0. The van der Waals surface area contributed by atoms with E-state index in [0.717, 1.165) is 0 Å². The average Bonchev–Trinajstić information content (AvgIpc) is 2.40. The zero-order chi connectivity index (χ0) is 13.0. The Bertz CT molecular complexity index is 532. The van der Waals surface area contributed by atoms with Crippen LogP contribution in [0.3, 0.4) is 0 Å². The van der Waals surface area contributed by atoms with Gasteiger partial charge in [0.1, 0.15) is 11.5 Å². The van der Waals surface area contributed by atoms with Gasteiger partial charge in [-0.3, -0.25) is 0 Å². The third kappa shape index (κ3) is 2.79. The van der Waals surface area contributed by atoms with Gasteiger partial charge in [0.25, 0.3) is 0 Å². The molecule has 0 atom stereocenters. The second kappa shape index (κ2) is 5.23. The molecule has 0 amide bonds. The smallest absolute Gasteiger partial charge is 0.343 e. The molecule has 0 spiro atoms. The van der Waals surface area contributed by atoms with Crippen molar-refractivity contribution in [1.82, 2.24) is 0 Å². The lowest BCUT2D eigenvalue weighted by atomic mass is 10.2. The fourth-order valence-electron chi connectivity index (χ4n) is 1.43. The molecule has 2 N–H and O–H groups in total. The van der Waals surface area contributed by atoms with Crippen LogP contribution in [0.15, 0.2) is 48.5 Å². The highest BCUT2D eigenvalue weighted by atomic mass is 16.5. The Labute approximate surface area is 105 Å². The molecule has 0 heterocycles. The van der Waals surface area contributed by atoms with Gasteiger partial charge in [-0.05, 0) is 48.5 Å². The standard InChI is InChI=1S/C14H13NO3/c1-17-12-6-8-13(9-7-12)18-14(16)10-2-4-11(15)5-3-10/h2-9H,15H2,1H3. The van der Waals surface area contributed by atoms with Crippen molar-refractivity contribution in [3.05, 3.63) is 54.1 Å². The Morgan fingerprint density at radius 3 is 2.06 bits per heavy atom. The molecule has 4 heteroatoms. The van der Waals surface area contributed by atoms with Crippen LogP contribution in [0.1, 0.15) is 10.4 Å². The fraction of sp³-hybridized carbons (Fsp3) is 0.0714. The number of hydrogen-bond acceptors (Lipinski definition) is 4. The van der Waals surface area contributed by atoms with E-state index in [1.807, 2.05) is 0 Å². The van der Waals surface area contributed by atoms with Crippen molar-refractivity contribution in [3.8, 4) is 11.5 Å². The van der Waals surface area contributed by atoms with Crippen LogP contribution in [0, 0.1) is 0 Å². The number of anilines is 1. The third-order valence-corrected chi connectivity index (χ3v) is 2.42. The first-order valence-corrected chi connectivity index (χ1v) is 5.41. The Balaban J connectivity index is 2.08. The molecule has 0 saturated heterocycles. The Morgan fingerprint density at radius 1 is 0.944 bits per heavy atom. The summed E-state index contributed by atoms with van der Waals surface area (Å²) in [6.07, 6.45) is 0. The number of ether oxygens (including phenoxy) is 2. The van der Waals surface area contributed by atoms with Crippen LogP contribution in [0.4, 0.5) is 5.69 Å². The fourth-order valence-corrected chi connectivity index (χ4v) is 1.43. The van der Waals surface area contributed by atoms with Gasteiger partial charge in [0, 0.05) is 5.69 Å². The number of rotatable bonds is 3. The number of nitrogens with two attached hydrogens (primary N) is 1. The number of nitrogen functional groups attached to an aromatic ring is 1. The quantitative estimate of drug-likeness (QED) is 0.511. The van der Waals surface area contributed by atoms with Crippen molar-refractivity contribution in [2.45, 2.75) is 0 Å². The summed E-state index contributed by atoms with van der Waals surface area (Å²) in [5.74, 6) is 0.764. The maximum Gasteiger partial charge on any atom is 0.343 e. The molecular formula is C14H13NO3. The molecule has 0 aromatic heterocycles. The van der Waals surface area contributed by atoms with Crippen molar-refractivity contribution in [1.29, 1.82) is 0 Å². The maximum atomic E-state index is 11.8. The van der Waals surface area contributed by atoms with Crippen LogP contribution in [0.25, 0.3) is 0 Å². The van der Waals surface area contributed by atoms with Gasteiger partial charge >= 0.3 is 5.97 Å². The maximum absolute atomic E-state index is 11.8. The summed E-state index contributed by atoms with van der Waals surface area (Å²) in [7, 11) is 1.58. The first-order valence-electron chi connectivity index (χ1n) is 5.41. The van der Waals surface area contributed by atoms with Crippen molar-refractivity contribution >= 4 is 11.7 Å². The lowest BCUT2D eigenvalue weighted by Crippen LogP contribution is -2.08. The van der Waals surface area contributed by atoms with Gasteiger partial charge < -0.3 is 15.2 Å². The molecular weight excluding hydrogens is 230 g/mol. The highest BCUT2D eigenvalue weighted by molar-refractivity contribution is 5.91. The molecule has 2 rings (SSSR count). The number of methoxy groups -OCH3 is 1. The van der Waals surface area contributed by atoms with Gasteiger partial charge in [-0.2, -0.15) is 0 Å². The summed E-state index contributed by atoms with van der Waals surface area (Å²) >= 11 is 0. The van der Waals surface area contributed by atoms with Crippen LogP contribution in [-0.4, -0.2) is 13.1 Å². The van der Waals surface area contributed by atoms with Crippen LogP contribution in [-0.2, 0) is 0 Å². The summed E-state index contributed by atoms with van der Waals surface area (Å²) in [6.45, 7) is 0. The number of hydrogen-bond donors (Lipinski definition) is 1. The lowest BCUT2D eigenvalue weighted by molar-refractivity contribution is 0.0734. The lowest BCUT2D eigenvalue weighted by Gasteiger charge is -2.05. The largest absolute Gasteiger partial charge is 0.497 e. The number of carbonyl (C=O) groups excluding carboxylic acids is 1. The van der Waals surface area contributed by atoms with Gasteiger partial charge in [-0.15, -0.1) is 0 Å². The molecule has 2 aromatic carbocycles. The highest BCUT2D eigenvalue weighted by Crippen LogP contribution is 2.18. The van der Waals surface area contributed by atoms with E-state index in [-0.39, 0.29) is 0 Å². The summed E-state index contributed by atoms with van der Waals surface area (Å²) in [5.41, 5.74) is 6.61. The average molecular weight is 243 g/mol. The Morgan fingerprint density at radius 2 is 1.50 bits per heavy atom. The molecule has 0 aliphatic carbocycles. The summed E-state index contributed by atoms with van der Waals surface area (Å²) < 4.78 is 10.2. The molecule has 4 nitrogen and oxygen atoms in total. The predicted octanol–water partition coefficient (Wildman–Crippen LogP) is 2.50. The van der Waals surface area contributed by atoms with E-state index in [0.29, 0.717) is 22.7 Å². The zero-order valence-corrected chi connectivity index (χ0v) is 9.92. The predicted molar refractivity (Wildman–Crippen MR) is 68.8 cm³/mol. The normalized spacial score (nSPS) is 9.83. The first-order chi connectivity index (χ1) is 8.69. The van der Waals surface area contributed by atoms with Crippen LogP contribution in [0.2, 0.25) is 0 Å².